The molecule has 0 spiro atoms. The molecule has 0 bridgehead atoms. The van der Waals surface area contributed by atoms with Crippen LogP contribution in [0.2, 0.25) is 0 Å². The first kappa shape index (κ1) is 28.4. The van der Waals surface area contributed by atoms with Crippen LogP contribution in [-0.2, 0) is 19.1 Å². The van der Waals surface area contributed by atoms with E-state index in [4.69, 9.17) is 27.8 Å². The molecule has 0 aliphatic carbocycles. The molecule has 0 aliphatic rings. The third kappa shape index (κ3) is 5.29. The summed E-state index contributed by atoms with van der Waals surface area (Å²) >= 11 is 0. The van der Waals surface area contributed by atoms with Gasteiger partial charge in [0.25, 0.3) is 0 Å². The SMILES string of the molecule is COC(=O)CC(C)c1cc(=O)c2c(OC)ccc(-c3ccc(OC)c4c(=O)cc(C(C)CC(=O)OC)oc34)c2o1. The first-order chi connectivity index (χ1) is 19.1. The van der Waals surface area contributed by atoms with Gasteiger partial charge in [0.1, 0.15) is 45.0 Å². The third-order valence-corrected chi connectivity index (χ3v) is 6.82. The molecule has 0 amide bonds. The molecule has 2 atom stereocenters. The molecule has 10 heteroatoms. The topological polar surface area (TPSA) is 131 Å². The average Bonchev–Trinajstić information content (AvgIpc) is 2.95. The fourth-order valence-corrected chi connectivity index (χ4v) is 4.62. The predicted molar refractivity (Wildman–Crippen MR) is 147 cm³/mol. The summed E-state index contributed by atoms with van der Waals surface area (Å²) in [7, 11) is 5.46. The van der Waals surface area contributed by atoms with E-state index < -0.39 is 23.8 Å². The summed E-state index contributed by atoms with van der Waals surface area (Å²) in [5.41, 5.74) is 0.570. The zero-order valence-corrected chi connectivity index (χ0v) is 23.1. The molecule has 0 fully saturated rings. The molecule has 4 aromatic rings. The fourth-order valence-electron chi connectivity index (χ4n) is 4.62. The van der Waals surface area contributed by atoms with Gasteiger partial charge in [-0.25, -0.2) is 0 Å². The highest BCUT2D eigenvalue weighted by Crippen LogP contribution is 2.40. The van der Waals surface area contributed by atoms with Gasteiger partial charge in [-0.05, 0) is 24.3 Å². The fraction of sp³-hybridized carbons (Fsp3) is 0.333. The minimum Gasteiger partial charge on any atom is -0.496 e. The zero-order valence-electron chi connectivity index (χ0n) is 23.1. The van der Waals surface area contributed by atoms with Crippen LogP contribution in [0, 0.1) is 0 Å². The second-order valence-corrected chi connectivity index (χ2v) is 9.43. The first-order valence-electron chi connectivity index (χ1n) is 12.6. The molecule has 0 saturated carbocycles. The van der Waals surface area contributed by atoms with Crippen LogP contribution < -0.4 is 20.3 Å². The predicted octanol–water partition coefficient (Wildman–Crippen LogP) is 4.92. The summed E-state index contributed by atoms with van der Waals surface area (Å²) in [4.78, 5) is 50.4. The van der Waals surface area contributed by atoms with Crippen LogP contribution in [0.3, 0.4) is 0 Å². The highest BCUT2D eigenvalue weighted by atomic mass is 16.5. The molecule has 2 unspecified atom stereocenters. The van der Waals surface area contributed by atoms with Crippen molar-refractivity contribution in [3.8, 4) is 22.6 Å². The maximum atomic E-state index is 13.3. The summed E-state index contributed by atoms with van der Waals surface area (Å²) < 4.78 is 33.0. The normalized spacial score (nSPS) is 12.7. The molecule has 10 nitrogen and oxygen atoms in total. The average molecular weight is 551 g/mol. The van der Waals surface area contributed by atoms with Crippen molar-refractivity contribution in [3.05, 3.63) is 68.4 Å². The lowest BCUT2D eigenvalue weighted by atomic mass is 9.97. The second kappa shape index (κ2) is 11.6. The van der Waals surface area contributed by atoms with Gasteiger partial charge >= 0.3 is 11.9 Å². The Morgan fingerprint density at radius 2 is 1.05 bits per heavy atom. The molecule has 0 aliphatic heterocycles. The van der Waals surface area contributed by atoms with Crippen LogP contribution >= 0.6 is 0 Å². The van der Waals surface area contributed by atoms with Gasteiger partial charge in [0, 0.05) is 35.1 Å². The molecule has 0 saturated heterocycles. The van der Waals surface area contributed by atoms with Crippen molar-refractivity contribution < 1.29 is 37.4 Å². The van der Waals surface area contributed by atoms with Crippen molar-refractivity contribution in [1.29, 1.82) is 0 Å². The molecule has 0 radical (unpaired) electrons. The summed E-state index contributed by atoms with van der Waals surface area (Å²) in [6, 6.07) is 9.32. The summed E-state index contributed by atoms with van der Waals surface area (Å²) in [5.74, 6) is -0.652. The molecule has 40 heavy (non-hydrogen) atoms. The van der Waals surface area contributed by atoms with Crippen molar-refractivity contribution in [2.75, 3.05) is 28.4 Å². The van der Waals surface area contributed by atoms with Crippen molar-refractivity contribution in [2.45, 2.75) is 38.5 Å². The van der Waals surface area contributed by atoms with Gasteiger partial charge in [-0.2, -0.15) is 0 Å². The summed E-state index contributed by atoms with van der Waals surface area (Å²) in [6.45, 7) is 3.50. The Balaban J connectivity index is 2.04. The number of ether oxygens (including phenoxy) is 4. The van der Waals surface area contributed by atoms with E-state index in [2.05, 4.69) is 0 Å². The minimum absolute atomic E-state index is 0.00599. The molecule has 4 rings (SSSR count). The Morgan fingerprint density at radius 1 is 0.675 bits per heavy atom. The third-order valence-electron chi connectivity index (χ3n) is 6.82. The van der Waals surface area contributed by atoms with Gasteiger partial charge < -0.3 is 27.8 Å². The van der Waals surface area contributed by atoms with Crippen LogP contribution in [0.5, 0.6) is 11.5 Å². The lowest BCUT2D eigenvalue weighted by Gasteiger charge is -2.16. The monoisotopic (exact) mass is 550 g/mol. The summed E-state index contributed by atoms with van der Waals surface area (Å²) in [6.07, 6.45) is 0.0120. The molecule has 0 N–H and O–H groups in total. The molecule has 2 aromatic carbocycles. The quantitative estimate of drug-likeness (QED) is 0.265. The van der Waals surface area contributed by atoms with Gasteiger partial charge in [-0.1, -0.05) is 13.8 Å². The maximum absolute atomic E-state index is 13.3. The van der Waals surface area contributed by atoms with E-state index in [1.807, 2.05) is 0 Å². The van der Waals surface area contributed by atoms with E-state index >= 15 is 0 Å². The van der Waals surface area contributed by atoms with Gasteiger partial charge in [0.15, 0.2) is 10.9 Å². The standard InChI is InChI=1S/C30H30O10/c1-15(11-25(33)37-5)23-13-19(31)27-21(35-3)9-7-17(29(27)39-23)18-8-10-22(36-4)28-20(32)14-24(40-30(18)28)16(2)12-26(34)38-6/h7-10,13-16H,11-12H2,1-6H3. The summed E-state index contributed by atoms with van der Waals surface area (Å²) in [5, 5.41) is 0.381. The minimum atomic E-state index is -0.458. The number of rotatable bonds is 9. The van der Waals surface area contributed by atoms with Crippen LogP contribution in [0.15, 0.2) is 54.8 Å². The number of hydrogen-bond acceptors (Lipinski definition) is 10. The van der Waals surface area contributed by atoms with Crippen molar-refractivity contribution >= 4 is 33.9 Å². The number of carbonyl (C=O) groups is 2. The number of esters is 2. The van der Waals surface area contributed by atoms with E-state index in [0.29, 0.717) is 22.6 Å². The molecule has 210 valence electrons. The lowest BCUT2D eigenvalue weighted by Crippen LogP contribution is -2.11. The van der Waals surface area contributed by atoms with E-state index in [0.717, 1.165) is 0 Å². The maximum Gasteiger partial charge on any atom is 0.306 e. The number of carbonyl (C=O) groups excluding carboxylic acids is 2. The van der Waals surface area contributed by atoms with E-state index in [1.165, 1.54) is 40.6 Å². The Labute approximate surface area is 229 Å². The highest BCUT2D eigenvalue weighted by Gasteiger charge is 2.24. The Morgan fingerprint density at radius 3 is 1.38 bits per heavy atom. The van der Waals surface area contributed by atoms with E-state index in [-0.39, 0.29) is 57.2 Å². The Bertz CT molecular complexity index is 1580. The van der Waals surface area contributed by atoms with Crippen LogP contribution in [0.4, 0.5) is 0 Å². The number of fused-ring (bicyclic) bond motifs is 2. The van der Waals surface area contributed by atoms with Crippen LogP contribution in [-0.4, -0.2) is 40.4 Å². The van der Waals surface area contributed by atoms with Crippen LogP contribution in [0.25, 0.3) is 33.1 Å². The highest BCUT2D eigenvalue weighted by molar-refractivity contribution is 6.04. The molecule has 2 aromatic heterocycles. The van der Waals surface area contributed by atoms with Gasteiger partial charge in [0.05, 0.1) is 41.3 Å². The van der Waals surface area contributed by atoms with Crippen molar-refractivity contribution in [2.24, 2.45) is 0 Å². The Kier molecular flexibility index (Phi) is 8.27. The molecule has 2 heterocycles. The molecular weight excluding hydrogens is 520 g/mol. The van der Waals surface area contributed by atoms with E-state index in [1.54, 1.807) is 38.1 Å². The zero-order chi connectivity index (χ0) is 29.1. The van der Waals surface area contributed by atoms with Crippen molar-refractivity contribution in [3.63, 3.8) is 0 Å². The van der Waals surface area contributed by atoms with Gasteiger partial charge in [-0.15, -0.1) is 0 Å². The van der Waals surface area contributed by atoms with Gasteiger partial charge in [-0.3, -0.25) is 19.2 Å². The largest absolute Gasteiger partial charge is 0.496 e. The first-order valence-corrected chi connectivity index (χ1v) is 12.6. The molecular formula is C30H30O10. The second-order valence-electron chi connectivity index (χ2n) is 9.43. The number of methoxy groups -OCH3 is 4. The lowest BCUT2D eigenvalue weighted by molar-refractivity contribution is -0.142. The van der Waals surface area contributed by atoms with Crippen LogP contribution in [0.1, 0.15) is 50.0 Å². The Hall–Kier alpha value is -4.60. The smallest absolute Gasteiger partial charge is 0.306 e. The van der Waals surface area contributed by atoms with Crippen molar-refractivity contribution in [1.82, 2.24) is 0 Å². The van der Waals surface area contributed by atoms with E-state index in [9.17, 15) is 19.2 Å². The number of benzene rings is 2. The number of hydrogen-bond donors (Lipinski definition) is 0. The van der Waals surface area contributed by atoms with Gasteiger partial charge in [0.2, 0.25) is 0 Å².